The highest BCUT2D eigenvalue weighted by atomic mass is 35.5. The lowest BCUT2D eigenvalue weighted by Gasteiger charge is -2.06. The SMILES string of the molecule is CCCCCCNC(=S)NN=CCCCc1ccc(Cl)cc1. The van der Waals surface area contributed by atoms with Crippen LogP contribution >= 0.6 is 23.8 Å². The minimum atomic E-state index is 0.602. The molecule has 0 aromatic heterocycles. The van der Waals surface area contributed by atoms with Crippen molar-refractivity contribution in [3.05, 3.63) is 34.9 Å². The smallest absolute Gasteiger partial charge is 0.186 e. The van der Waals surface area contributed by atoms with E-state index in [4.69, 9.17) is 23.8 Å². The highest BCUT2D eigenvalue weighted by Crippen LogP contribution is 2.11. The molecule has 0 heterocycles. The molecule has 1 aromatic carbocycles. The van der Waals surface area contributed by atoms with Gasteiger partial charge in [0.25, 0.3) is 0 Å². The Hall–Kier alpha value is -1.13. The van der Waals surface area contributed by atoms with E-state index in [0.29, 0.717) is 5.11 Å². The van der Waals surface area contributed by atoms with Gasteiger partial charge in [-0.2, -0.15) is 5.10 Å². The summed E-state index contributed by atoms with van der Waals surface area (Å²) in [6.07, 6.45) is 9.83. The molecule has 1 rings (SSSR count). The number of unbranched alkanes of at least 4 members (excludes halogenated alkanes) is 4. The van der Waals surface area contributed by atoms with Gasteiger partial charge in [-0.3, -0.25) is 5.43 Å². The first-order valence-electron chi connectivity index (χ1n) is 8.02. The summed E-state index contributed by atoms with van der Waals surface area (Å²) in [7, 11) is 0. The summed E-state index contributed by atoms with van der Waals surface area (Å²) in [5.74, 6) is 0. The molecule has 122 valence electrons. The third-order valence-electron chi connectivity index (χ3n) is 3.29. The van der Waals surface area contributed by atoms with E-state index in [1.54, 1.807) is 0 Å². The van der Waals surface area contributed by atoms with Crippen LogP contribution in [0.5, 0.6) is 0 Å². The Morgan fingerprint density at radius 1 is 1.18 bits per heavy atom. The molecule has 0 amide bonds. The lowest BCUT2D eigenvalue weighted by Crippen LogP contribution is -2.32. The summed E-state index contributed by atoms with van der Waals surface area (Å²) in [5, 5.41) is 8.67. The molecule has 3 nitrogen and oxygen atoms in total. The van der Waals surface area contributed by atoms with Crippen molar-refractivity contribution in [2.24, 2.45) is 5.10 Å². The monoisotopic (exact) mass is 339 g/mol. The maximum atomic E-state index is 5.86. The molecule has 0 aliphatic rings. The summed E-state index contributed by atoms with van der Waals surface area (Å²) in [6.45, 7) is 3.12. The second-order valence-electron chi connectivity index (χ2n) is 5.26. The van der Waals surface area contributed by atoms with E-state index in [2.05, 4.69) is 34.9 Å². The summed E-state index contributed by atoms with van der Waals surface area (Å²) < 4.78 is 0. The number of hydrazone groups is 1. The van der Waals surface area contributed by atoms with Crippen LogP contribution < -0.4 is 10.7 Å². The van der Waals surface area contributed by atoms with Crippen LogP contribution in [0.15, 0.2) is 29.4 Å². The Morgan fingerprint density at radius 2 is 1.95 bits per heavy atom. The number of aryl methyl sites for hydroxylation is 1. The van der Waals surface area contributed by atoms with Crippen molar-refractivity contribution in [2.75, 3.05) is 6.54 Å². The quantitative estimate of drug-likeness (QED) is 0.281. The van der Waals surface area contributed by atoms with E-state index in [1.165, 1.54) is 24.8 Å². The molecule has 1 aromatic rings. The van der Waals surface area contributed by atoms with Crippen molar-refractivity contribution < 1.29 is 0 Å². The van der Waals surface area contributed by atoms with Gasteiger partial charge in [-0.25, -0.2) is 0 Å². The van der Waals surface area contributed by atoms with Gasteiger partial charge < -0.3 is 5.32 Å². The van der Waals surface area contributed by atoms with Crippen LogP contribution in [0.3, 0.4) is 0 Å². The van der Waals surface area contributed by atoms with E-state index in [9.17, 15) is 0 Å². The molecule has 0 fully saturated rings. The van der Waals surface area contributed by atoms with Crippen molar-refractivity contribution in [3.8, 4) is 0 Å². The Balaban J connectivity index is 2.01. The summed E-state index contributed by atoms with van der Waals surface area (Å²) in [4.78, 5) is 0. The molecule has 5 heteroatoms. The fourth-order valence-electron chi connectivity index (χ4n) is 2.01. The van der Waals surface area contributed by atoms with Gasteiger partial charge in [0, 0.05) is 17.8 Å². The Bertz CT molecular complexity index is 446. The van der Waals surface area contributed by atoms with Gasteiger partial charge in [-0.15, -0.1) is 0 Å². The zero-order chi connectivity index (χ0) is 16.0. The van der Waals surface area contributed by atoms with Crippen LogP contribution in [-0.4, -0.2) is 17.9 Å². The van der Waals surface area contributed by atoms with Crippen molar-refractivity contribution in [3.63, 3.8) is 0 Å². The molecule has 0 saturated heterocycles. The van der Waals surface area contributed by atoms with Crippen LogP contribution in [-0.2, 0) is 6.42 Å². The number of rotatable bonds is 10. The lowest BCUT2D eigenvalue weighted by atomic mass is 10.1. The number of thiocarbonyl (C=S) groups is 1. The van der Waals surface area contributed by atoms with Gasteiger partial charge >= 0.3 is 0 Å². The molecule has 0 saturated carbocycles. The molecule has 0 aliphatic heterocycles. The van der Waals surface area contributed by atoms with E-state index in [-0.39, 0.29) is 0 Å². The average molecular weight is 340 g/mol. The molecule has 0 aliphatic carbocycles. The predicted molar refractivity (Wildman–Crippen MR) is 101 cm³/mol. The molecular formula is C17H26ClN3S. The highest BCUT2D eigenvalue weighted by molar-refractivity contribution is 7.80. The largest absolute Gasteiger partial charge is 0.361 e. The van der Waals surface area contributed by atoms with Crippen molar-refractivity contribution in [2.45, 2.75) is 51.9 Å². The van der Waals surface area contributed by atoms with Crippen molar-refractivity contribution in [1.29, 1.82) is 0 Å². The minimum absolute atomic E-state index is 0.602. The van der Waals surface area contributed by atoms with Crippen LogP contribution in [0.1, 0.15) is 51.0 Å². The number of hydrogen-bond donors (Lipinski definition) is 2. The molecule has 0 spiro atoms. The zero-order valence-corrected chi connectivity index (χ0v) is 14.8. The molecule has 0 unspecified atom stereocenters. The van der Waals surface area contributed by atoms with Gasteiger partial charge in [0.1, 0.15) is 0 Å². The van der Waals surface area contributed by atoms with Crippen molar-refractivity contribution >= 4 is 35.1 Å². The van der Waals surface area contributed by atoms with Gasteiger partial charge in [0.05, 0.1) is 0 Å². The Labute approximate surface area is 144 Å². The summed E-state index contributed by atoms with van der Waals surface area (Å²) in [5.41, 5.74) is 4.15. The average Bonchev–Trinajstić information content (AvgIpc) is 2.52. The summed E-state index contributed by atoms with van der Waals surface area (Å²) >= 11 is 11.0. The lowest BCUT2D eigenvalue weighted by molar-refractivity contribution is 0.651. The number of benzene rings is 1. The van der Waals surface area contributed by atoms with Crippen LogP contribution in [0.4, 0.5) is 0 Å². The van der Waals surface area contributed by atoms with Crippen LogP contribution in [0.25, 0.3) is 0 Å². The molecule has 0 radical (unpaired) electrons. The maximum absolute atomic E-state index is 5.86. The van der Waals surface area contributed by atoms with Crippen LogP contribution in [0.2, 0.25) is 5.02 Å². The first-order valence-corrected chi connectivity index (χ1v) is 8.80. The number of nitrogens with zero attached hydrogens (tertiary/aromatic N) is 1. The number of halogens is 1. The van der Waals surface area contributed by atoms with Crippen LogP contribution in [0, 0.1) is 0 Å². The first kappa shape index (κ1) is 18.9. The summed E-state index contributed by atoms with van der Waals surface area (Å²) in [6, 6.07) is 7.99. The fourth-order valence-corrected chi connectivity index (χ4v) is 2.29. The Kier molecular flexibility index (Phi) is 10.7. The van der Waals surface area contributed by atoms with E-state index < -0.39 is 0 Å². The number of nitrogens with one attached hydrogen (secondary N) is 2. The molecule has 0 atom stereocenters. The first-order chi connectivity index (χ1) is 10.7. The van der Waals surface area contributed by atoms with Gasteiger partial charge in [-0.1, -0.05) is 49.9 Å². The van der Waals surface area contributed by atoms with Gasteiger partial charge in [0.2, 0.25) is 0 Å². The normalized spacial score (nSPS) is 10.8. The molecule has 0 bridgehead atoms. The molecule has 2 N–H and O–H groups in total. The van der Waals surface area contributed by atoms with E-state index in [1.807, 2.05) is 18.3 Å². The predicted octanol–water partition coefficient (Wildman–Crippen LogP) is 4.69. The Morgan fingerprint density at radius 3 is 2.68 bits per heavy atom. The third kappa shape index (κ3) is 9.74. The second-order valence-corrected chi connectivity index (χ2v) is 6.10. The molecule has 22 heavy (non-hydrogen) atoms. The number of hydrogen-bond acceptors (Lipinski definition) is 2. The van der Waals surface area contributed by atoms with E-state index >= 15 is 0 Å². The zero-order valence-electron chi connectivity index (χ0n) is 13.3. The highest BCUT2D eigenvalue weighted by Gasteiger charge is 1.94. The maximum Gasteiger partial charge on any atom is 0.186 e. The molecular weight excluding hydrogens is 314 g/mol. The van der Waals surface area contributed by atoms with Crippen molar-refractivity contribution in [1.82, 2.24) is 10.7 Å². The minimum Gasteiger partial charge on any atom is -0.361 e. The van der Waals surface area contributed by atoms with E-state index in [0.717, 1.165) is 37.3 Å². The van der Waals surface area contributed by atoms with Gasteiger partial charge in [0.15, 0.2) is 5.11 Å². The second kappa shape index (κ2) is 12.4. The van der Waals surface area contributed by atoms with Gasteiger partial charge in [-0.05, 0) is 55.6 Å². The standard InChI is InChI=1S/C17H26ClN3S/c1-2-3-4-6-13-19-17(22)21-20-14-7-5-8-15-9-11-16(18)12-10-15/h9-12,14H,2-8,13H2,1H3,(H2,19,21,22). The fraction of sp³-hybridized carbons (Fsp3) is 0.529. The topological polar surface area (TPSA) is 36.4 Å². The third-order valence-corrected chi connectivity index (χ3v) is 3.77.